The van der Waals surface area contributed by atoms with Crippen molar-refractivity contribution < 1.29 is 14.7 Å². The summed E-state index contributed by atoms with van der Waals surface area (Å²) in [5.41, 5.74) is 1.69. The highest BCUT2D eigenvalue weighted by atomic mass is 32.2. The molecule has 1 N–H and O–H groups in total. The highest BCUT2D eigenvalue weighted by molar-refractivity contribution is 8.26. The van der Waals surface area contributed by atoms with Crippen molar-refractivity contribution in [2.75, 3.05) is 24.6 Å². The van der Waals surface area contributed by atoms with Gasteiger partial charge in [0.15, 0.2) is 0 Å². The van der Waals surface area contributed by atoms with Gasteiger partial charge in [0.05, 0.1) is 11.5 Å². The molecule has 0 aromatic heterocycles. The van der Waals surface area contributed by atoms with Crippen LogP contribution < -0.4 is 4.90 Å². The maximum Gasteiger partial charge on any atom is 0.266 e. The van der Waals surface area contributed by atoms with E-state index in [1.165, 1.54) is 21.6 Å². The zero-order chi connectivity index (χ0) is 20.6. The Kier molecular flexibility index (Phi) is 7.35. The lowest BCUT2D eigenvalue weighted by atomic mass is 10.2. The molecule has 1 aliphatic heterocycles. The maximum absolute atomic E-state index is 12.8. The highest BCUT2D eigenvalue weighted by Crippen LogP contribution is 2.31. The van der Waals surface area contributed by atoms with Gasteiger partial charge < -0.3 is 10.0 Å². The summed E-state index contributed by atoms with van der Waals surface area (Å²) in [6.45, 7) is -0.199. The van der Waals surface area contributed by atoms with Gasteiger partial charge in [0.2, 0.25) is 5.91 Å². The van der Waals surface area contributed by atoms with Crippen molar-refractivity contribution in [1.82, 2.24) is 4.90 Å². The van der Waals surface area contributed by atoms with Crippen LogP contribution in [0.5, 0.6) is 0 Å². The predicted molar refractivity (Wildman–Crippen MR) is 121 cm³/mol. The zero-order valence-corrected chi connectivity index (χ0v) is 17.2. The number of carbonyl (C=O) groups is 2. The summed E-state index contributed by atoms with van der Waals surface area (Å²) in [6.07, 6.45) is 5.40. The first kappa shape index (κ1) is 21.0. The molecule has 1 saturated heterocycles. The number of allylic oxidation sites excluding steroid dienone is 2. The Bertz CT molecular complexity index is 943. The van der Waals surface area contributed by atoms with Gasteiger partial charge >= 0.3 is 0 Å². The molecule has 1 fully saturated rings. The second kappa shape index (κ2) is 10.2. The van der Waals surface area contributed by atoms with Crippen molar-refractivity contribution in [3.63, 3.8) is 0 Å². The largest absolute Gasteiger partial charge is 0.395 e. The molecule has 0 bridgehead atoms. The number of rotatable bonds is 7. The van der Waals surface area contributed by atoms with Crippen LogP contribution in [0.2, 0.25) is 0 Å². The minimum atomic E-state index is -0.303. The first-order valence-electron chi connectivity index (χ1n) is 9.03. The van der Waals surface area contributed by atoms with Gasteiger partial charge in [-0.2, -0.15) is 0 Å². The molecule has 0 radical (unpaired) electrons. The summed E-state index contributed by atoms with van der Waals surface area (Å²) in [6, 6.07) is 18.8. The van der Waals surface area contributed by atoms with Crippen molar-refractivity contribution in [2.24, 2.45) is 0 Å². The Hall–Kier alpha value is -2.74. The van der Waals surface area contributed by atoms with Gasteiger partial charge in [-0.3, -0.25) is 14.5 Å². The van der Waals surface area contributed by atoms with Crippen LogP contribution >= 0.6 is 24.0 Å². The second-order valence-electron chi connectivity index (χ2n) is 6.16. The number of thioether (sulfide) groups is 1. The van der Waals surface area contributed by atoms with Gasteiger partial charge in [-0.25, -0.2) is 0 Å². The molecule has 2 aromatic rings. The first-order valence-corrected chi connectivity index (χ1v) is 10.3. The number of hydrogen-bond acceptors (Lipinski definition) is 5. The highest BCUT2D eigenvalue weighted by Gasteiger charge is 2.34. The number of para-hydroxylation sites is 1. The summed E-state index contributed by atoms with van der Waals surface area (Å²) in [5, 5.41) is 9.32. The predicted octanol–water partition coefficient (Wildman–Crippen LogP) is 3.47. The molecule has 2 amide bonds. The van der Waals surface area contributed by atoms with Crippen LogP contribution in [0.15, 0.2) is 77.7 Å². The minimum Gasteiger partial charge on any atom is -0.395 e. The van der Waals surface area contributed by atoms with Crippen molar-refractivity contribution >= 4 is 51.9 Å². The number of aliphatic hydroxyl groups is 1. The van der Waals surface area contributed by atoms with Crippen LogP contribution in [0.4, 0.5) is 5.69 Å². The lowest BCUT2D eigenvalue weighted by molar-refractivity contribution is -0.127. The van der Waals surface area contributed by atoms with E-state index < -0.39 is 0 Å². The van der Waals surface area contributed by atoms with Crippen LogP contribution in [-0.4, -0.2) is 45.8 Å². The number of hydrogen-bond donors (Lipinski definition) is 1. The Morgan fingerprint density at radius 1 is 1.10 bits per heavy atom. The molecule has 7 heteroatoms. The van der Waals surface area contributed by atoms with Gasteiger partial charge in [-0.15, -0.1) is 0 Å². The number of carbonyl (C=O) groups excluding carboxylic acids is 2. The number of anilines is 1. The monoisotopic (exact) mass is 424 g/mol. The minimum absolute atomic E-state index is 0.146. The van der Waals surface area contributed by atoms with Crippen molar-refractivity contribution in [3.05, 3.63) is 83.3 Å². The molecule has 3 rings (SSSR count). The number of amides is 2. The average molecular weight is 425 g/mol. The fraction of sp³-hybridized carbons (Fsp3) is 0.136. The molecule has 5 nitrogen and oxygen atoms in total. The summed E-state index contributed by atoms with van der Waals surface area (Å²) in [4.78, 5) is 28.7. The number of benzene rings is 2. The van der Waals surface area contributed by atoms with Crippen LogP contribution in [0.3, 0.4) is 0 Å². The molecule has 0 aliphatic carbocycles. The molecular weight excluding hydrogens is 404 g/mol. The Morgan fingerprint density at radius 2 is 1.76 bits per heavy atom. The van der Waals surface area contributed by atoms with Gasteiger partial charge in [-0.1, -0.05) is 84.7 Å². The quantitative estimate of drug-likeness (QED) is 0.545. The number of nitrogens with zero attached hydrogens (tertiary/aromatic N) is 2. The van der Waals surface area contributed by atoms with E-state index in [4.69, 9.17) is 12.2 Å². The summed E-state index contributed by atoms with van der Waals surface area (Å²) in [5.74, 6) is -0.592. The van der Waals surface area contributed by atoms with Crippen molar-refractivity contribution in [2.45, 2.75) is 0 Å². The van der Waals surface area contributed by atoms with Gasteiger partial charge in [-0.05, 0) is 23.8 Å². The molecule has 0 atom stereocenters. The summed E-state index contributed by atoms with van der Waals surface area (Å²) in [7, 11) is 0. The number of thiocarbonyl (C=S) groups is 1. The van der Waals surface area contributed by atoms with E-state index in [1.807, 2.05) is 54.6 Å². The molecule has 1 heterocycles. The van der Waals surface area contributed by atoms with Gasteiger partial charge in [0.1, 0.15) is 10.9 Å². The molecular formula is C22H20N2O3S2. The normalized spacial score (nSPS) is 15.5. The SMILES string of the molecule is O=C1/C(=C\C=C\c2ccccc2)SC(=S)N1CC(=O)N(CCO)c1ccccc1. The van der Waals surface area contributed by atoms with E-state index in [1.54, 1.807) is 24.3 Å². The van der Waals surface area contributed by atoms with Gasteiger partial charge in [0.25, 0.3) is 5.91 Å². The van der Waals surface area contributed by atoms with Crippen molar-refractivity contribution in [1.29, 1.82) is 0 Å². The van der Waals surface area contributed by atoms with E-state index in [9.17, 15) is 14.7 Å². The average Bonchev–Trinajstić information content (AvgIpc) is 3.01. The Labute approximate surface area is 179 Å². The topological polar surface area (TPSA) is 60.9 Å². The van der Waals surface area contributed by atoms with E-state index in [2.05, 4.69) is 0 Å². The van der Waals surface area contributed by atoms with Crippen LogP contribution in [0, 0.1) is 0 Å². The molecule has 1 aliphatic rings. The van der Waals surface area contributed by atoms with Gasteiger partial charge in [0, 0.05) is 12.2 Å². The lowest BCUT2D eigenvalue weighted by Crippen LogP contribution is -2.43. The van der Waals surface area contributed by atoms with Crippen LogP contribution in [0.25, 0.3) is 6.08 Å². The Balaban J connectivity index is 1.70. The Morgan fingerprint density at radius 3 is 2.41 bits per heavy atom. The molecule has 2 aromatic carbocycles. The van der Waals surface area contributed by atoms with E-state index >= 15 is 0 Å². The molecule has 0 saturated carbocycles. The van der Waals surface area contributed by atoms with Crippen molar-refractivity contribution in [3.8, 4) is 0 Å². The fourth-order valence-corrected chi connectivity index (χ4v) is 3.99. The van der Waals surface area contributed by atoms with E-state index in [0.717, 1.165) is 5.56 Å². The summed E-state index contributed by atoms with van der Waals surface area (Å²) < 4.78 is 0.347. The smallest absolute Gasteiger partial charge is 0.266 e. The lowest BCUT2D eigenvalue weighted by Gasteiger charge is -2.24. The molecule has 148 valence electrons. The number of aliphatic hydroxyl groups excluding tert-OH is 1. The molecule has 0 spiro atoms. The third kappa shape index (κ3) is 5.41. The second-order valence-corrected chi connectivity index (χ2v) is 7.84. The third-order valence-electron chi connectivity index (χ3n) is 4.20. The van der Waals surface area contributed by atoms with E-state index in [0.29, 0.717) is 14.9 Å². The van der Waals surface area contributed by atoms with Crippen LogP contribution in [0.1, 0.15) is 5.56 Å². The molecule has 29 heavy (non-hydrogen) atoms. The third-order valence-corrected chi connectivity index (χ3v) is 5.59. The van der Waals surface area contributed by atoms with Crippen LogP contribution in [-0.2, 0) is 9.59 Å². The maximum atomic E-state index is 12.8. The van der Waals surface area contributed by atoms with E-state index in [-0.39, 0.29) is 31.5 Å². The fourth-order valence-electron chi connectivity index (χ4n) is 2.79. The zero-order valence-electron chi connectivity index (χ0n) is 15.6. The standard InChI is InChI=1S/C22H20N2O3S2/c25-15-14-23(18-11-5-2-6-12-18)20(26)16-24-21(27)19(29-22(24)28)13-7-10-17-8-3-1-4-9-17/h1-13,25H,14-16H2/b10-7+,19-13+. The summed E-state index contributed by atoms with van der Waals surface area (Å²) >= 11 is 6.49. The first-order chi connectivity index (χ1) is 14.1. The molecule has 0 unspecified atom stereocenters.